The highest BCUT2D eigenvalue weighted by molar-refractivity contribution is 7.98. The van der Waals surface area contributed by atoms with Crippen LogP contribution in [0.3, 0.4) is 0 Å². The number of amides is 2. The largest absolute Gasteiger partial charge is 0.450 e. The van der Waals surface area contributed by atoms with Crippen LogP contribution in [-0.4, -0.2) is 47.6 Å². The molecule has 3 rings (SSSR count). The van der Waals surface area contributed by atoms with Crippen molar-refractivity contribution in [1.82, 2.24) is 15.2 Å². The Morgan fingerprint density at radius 3 is 2.75 bits per heavy atom. The highest BCUT2D eigenvalue weighted by atomic mass is 32.2. The summed E-state index contributed by atoms with van der Waals surface area (Å²) in [4.78, 5) is 31.8. The van der Waals surface area contributed by atoms with E-state index in [0.717, 1.165) is 34.2 Å². The number of ether oxygens (including phenoxy) is 1. The number of thioether (sulfide) groups is 1. The second kappa shape index (κ2) is 9.93. The molecule has 1 aliphatic heterocycles. The fourth-order valence-electron chi connectivity index (χ4n) is 3.09. The number of hydrogen-bond acceptors (Lipinski definition) is 6. The molecule has 1 aliphatic rings. The number of hydrogen-bond donors (Lipinski definition) is 1. The number of piperidine rings is 1. The zero-order valence-electron chi connectivity index (χ0n) is 16.1. The van der Waals surface area contributed by atoms with Crippen LogP contribution in [0.1, 0.15) is 40.8 Å². The summed E-state index contributed by atoms with van der Waals surface area (Å²) >= 11 is 3.27. The zero-order chi connectivity index (χ0) is 19.9. The van der Waals surface area contributed by atoms with Gasteiger partial charge in [-0.05, 0) is 38.8 Å². The van der Waals surface area contributed by atoms with Gasteiger partial charge in [0.1, 0.15) is 0 Å². The van der Waals surface area contributed by atoms with Crippen LogP contribution in [-0.2, 0) is 10.5 Å². The molecule has 0 atom stereocenters. The van der Waals surface area contributed by atoms with Gasteiger partial charge in [-0.25, -0.2) is 9.78 Å². The van der Waals surface area contributed by atoms with Gasteiger partial charge in [-0.3, -0.25) is 4.79 Å². The third kappa shape index (κ3) is 5.48. The van der Waals surface area contributed by atoms with E-state index in [9.17, 15) is 9.59 Å². The fourth-order valence-corrected chi connectivity index (χ4v) is 4.75. The summed E-state index contributed by atoms with van der Waals surface area (Å²) in [5, 5.41) is 6.23. The summed E-state index contributed by atoms with van der Waals surface area (Å²) in [5.74, 6) is 0.680. The molecular formula is C20H25N3O3S2. The van der Waals surface area contributed by atoms with Crippen molar-refractivity contribution >= 4 is 35.1 Å². The van der Waals surface area contributed by atoms with E-state index in [2.05, 4.69) is 15.7 Å². The van der Waals surface area contributed by atoms with Crippen LogP contribution < -0.4 is 5.32 Å². The van der Waals surface area contributed by atoms with Crippen molar-refractivity contribution in [3.8, 4) is 0 Å². The van der Waals surface area contributed by atoms with Crippen molar-refractivity contribution in [2.75, 3.05) is 19.7 Å². The molecule has 0 unspecified atom stereocenters. The molecule has 0 bridgehead atoms. The first kappa shape index (κ1) is 20.7. The van der Waals surface area contributed by atoms with Crippen LogP contribution in [0.4, 0.5) is 4.79 Å². The van der Waals surface area contributed by atoms with Crippen LogP contribution in [0.5, 0.6) is 0 Å². The summed E-state index contributed by atoms with van der Waals surface area (Å²) in [6, 6.07) is 7.73. The third-order valence-electron chi connectivity index (χ3n) is 4.53. The Balaban J connectivity index is 1.55. The molecule has 8 heteroatoms. The molecule has 2 amide bonds. The van der Waals surface area contributed by atoms with Gasteiger partial charge in [0.05, 0.1) is 22.9 Å². The van der Waals surface area contributed by atoms with Gasteiger partial charge in [0.15, 0.2) is 0 Å². The first-order valence-electron chi connectivity index (χ1n) is 9.42. The molecular weight excluding hydrogens is 394 g/mol. The predicted octanol–water partition coefficient (Wildman–Crippen LogP) is 4.09. The highest BCUT2D eigenvalue weighted by Crippen LogP contribution is 2.27. The third-order valence-corrected chi connectivity index (χ3v) is 6.46. The molecule has 0 radical (unpaired) electrons. The first-order chi connectivity index (χ1) is 13.6. The van der Waals surface area contributed by atoms with Crippen LogP contribution in [0.25, 0.3) is 0 Å². The van der Waals surface area contributed by atoms with Gasteiger partial charge in [-0.2, -0.15) is 0 Å². The first-order valence-corrected chi connectivity index (χ1v) is 11.3. The Kier molecular flexibility index (Phi) is 7.33. The number of nitrogens with zero attached hydrogens (tertiary/aromatic N) is 2. The maximum Gasteiger partial charge on any atom is 0.409 e. The number of likely N-dealkylation sites (tertiary alicyclic amines) is 1. The molecule has 0 aliphatic carbocycles. The standard InChI is InChI=1S/C20H25N3O3S2/c1-3-26-20(25)23-10-8-15(9-11-23)22-19(24)17-6-4-5-7-18(17)28-13-16-12-27-14(2)21-16/h4-7,12,15H,3,8-11,13H2,1-2H3,(H,22,24). The average molecular weight is 420 g/mol. The van der Waals surface area contributed by atoms with E-state index in [1.165, 1.54) is 0 Å². The van der Waals surface area contributed by atoms with Crippen molar-refractivity contribution in [3.05, 3.63) is 45.9 Å². The smallest absolute Gasteiger partial charge is 0.409 e. The normalized spacial score (nSPS) is 14.7. The molecule has 1 fully saturated rings. The second-order valence-electron chi connectivity index (χ2n) is 6.58. The monoisotopic (exact) mass is 419 g/mol. The lowest BCUT2D eigenvalue weighted by Crippen LogP contribution is -2.46. The van der Waals surface area contributed by atoms with Crippen molar-refractivity contribution in [2.45, 2.75) is 43.4 Å². The van der Waals surface area contributed by atoms with E-state index < -0.39 is 0 Å². The van der Waals surface area contributed by atoms with Crippen molar-refractivity contribution in [2.24, 2.45) is 0 Å². The molecule has 2 heterocycles. The molecule has 2 aromatic rings. The minimum absolute atomic E-state index is 0.0628. The lowest BCUT2D eigenvalue weighted by Gasteiger charge is -2.31. The second-order valence-corrected chi connectivity index (χ2v) is 8.66. The number of carbonyl (C=O) groups is 2. The molecule has 1 aromatic carbocycles. The van der Waals surface area contributed by atoms with Crippen molar-refractivity contribution < 1.29 is 14.3 Å². The minimum atomic E-state index is -0.272. The number of aromatic nitrogens is 1. The number of carbonyl (C=O) groups excluding carboxylic acids is 2. The van der Waals surface area contributed by atoms with E-state index in [-0.39, 0.29) is 18.0 Å². The number of benzene rings is 1. The van der Waals surface area contributed by atoms with Crippen LogP contribution in [0, 0.1) is 6.92 Å². The van der Waals surface area contributed by atoms with E-state index in [1.807, 2.05) is 31.2 Å². The molecule has 0 spiro atoms. The van der Waals surface area contributed by atoms with Gasteiger partial charge in [0.2, 0.25) is 0 Å². The molecule has 150 valence electrons. The molecule has 1 aromatic heterocycles. The molecule has 6 nitrogen and oxygen atoms in total. The molecule has 28 heavy (non-hydrogen) atoms. The summed E-state index contributed by atoms with van der Waals surface area (Å²) in [5.41, 5.74) is 1.72. The summed E-state index contributed by atoms with van der Waals surface area (Å²) in [7, 11) is 0. The summed E-state index contributed by atoms with van der Waals surface area (Å²) in [6.45, 7) is 5.38. The van der Waals surface area contributed by atoms with Gasteiger partial charge in [-0.15, -0.1) is 23.1 Å². The Morgan fingerprint density at radius 2 is 2.07 bits per heavy atom. The number of thiazole rings is 1. The Morgan fingerprint density at radius 1 is 1.32 bits per heavy atom. The maximum absolute atomic E-state index is 12.8. The van der Waals surface area contributed by atoms with E-state index >= 15 is 0 Å². The fraction of sp³-hybridized carbons (Fsp3) is 0.450. The highest BCUT2D eigenvalue weighted by Gasteiger charge is 2.25. The summed E-state index contributed by atoms with van der Waals surface area (Å²) < 4.78 is 5.04. The SMILES string of the molecule is CCOC(=O)N1CCC(NC(=O)c2ccccc2SCc2csc(C)n2)CC1. The van der Waals surface area contributed by atoms with Gasteiger partial charge in [0, 0.05) is 35.2 Å². The van der Waals surface area contributed by atoms with E-state index in [0.29, 0.717) is 25.3 Å². The maximum atomic E-state index is 12.8. The van der Waals surface area contributed by atoms with Gasteiger partial charge in [-0.1, -0.05) is 12.1 Å². The molecule has 1 saturated heterocycles. The lowest BCUT2D eigenvalue weighted by molar-refractivity contribution is 0.0858. The van der Waals surface area contributed by atoms with Crippen molar-refractivity contribution in [3.63, 3.8) is 0 Å². The van der Waals surface area contributed by atoms with Crippen LogP contribution >= 0.6 is 23.1 Å². The zero-order valence-corrected chi connectivity index (χ0v) is 17.8. The topological polar surface area (TPSA) is 71.5 Å². The van der Waals surface area contributed by atoms with E-state index in [4.69, 9.17) is 4.74 Å². The Labute approximate surface area is 173 Å². The number of nitrogens with one attached hydrogen (secondary N) is 1. The van der Waals surface area contributed by atoms with Gasteiger partial charge >= 0.3 is 6.09 Å². The number of aryl methyl sites for hydroxylation is 1. The molecule has 1 N–H and O–H groups in total. The quantitative estimate of drug-likeness (QED) is 0.714. The van der Waals surface area contributed by atoms with Gasteiger partial charge in [0.25, 0.3) is 5.91 Å². The predicted molar refractivity (Wildman–Crippen MR) is 112 cm³/mol. The van der Waals surface area contributed by atoms with E-state index in [1.54, 1.807) is 34.9 Å². The van der Waals surface area contributed by atoms with Crippen LogP contribution in [0.2, 0.25) is 0 Å². The van der Waals surface area contributed by atoms with Crippen molar-refractivity contribution in [1.29, 1.82) is 0 Å². The molecule has 0 saturated carbocycles. The average Bonchev–Trinajstić information content (AvgIpc) is 3.12. The number of rotatable bonds is 6. The Bertz CT molecular complexity index is 817. The van der Waals surface area contributed by atoms with Gasteiger partial charge < -0.3 is 15.0 Å². The Hall–Kier alpha value is -2.06. The lowest BCUT2D eigenvalue weighted by atomic mass is 10.0. The minimum Gasteiger partial charge on any atom is -0.450 e. The van der Waals surface area contributed by atoms with Crippen LogP contribution in [0.15, 0.2) is 34.5 Å². The summed E-state index contributed by atoms with van der Waals surface area (Å²) in [6.07, 6.45) is 1.20.